The highest BCUT2D eigenvalue weighted by Crippen LogP contribution is 2.11. The van der Waals surface area contributed by atoms with Crippen molar-refractivity contribution >= 4 is 11.9 Å². The summed E-state index contributed by atoms with van der Waals surface area (Å²) in [5.74, 6) is -1.11. The number of hydrogen-bond donors (Lipinski definition) is 1. The summed E-state index contributed by atoms with van der Waals surface area (Å²) in [5.41, 5.74) is 0.487. The van der Waals surface area contributed by atoms with Crippen LogP contribution in [0.4, 0.5) is 0 Å². The van der Waals surface area contributed by atoms with Gasteiger partial charge in [0.25, 0.3) is 5.91 Å². The zero-order valence-corrected chi connectivity index (χ0v) is 11.6. The first-order valence-corrected chi connectivity index (χ1v) is 6.18. The van der Waals surface area contributed by atoms with Crippen LogP contribution in [0.15, 0.2) is 24.3 Å². The minimum atomic E-state index is -1.10. The molecule has 0 heterocycles. The molecule has 0 bridgehead atoms. The monoisotopic (exact) mass is 292 g/mol. The van der Waals surface area contributed by atoms with Gasteiger partial charge in [0.1, 0.15) is 12.3 Å². The van der Waals surface area contributed by atoms with Crippen LogP contribution in [0.1, 0.15) is 5.56 Å². The van der Waals surface area contributed by atoms with Gasteiger partial charge in [-0.1, -0.05) is 0 Å². The number of ether oxygens (including phenoxy) is 2. The first kappa shape index (κ1) is 16.5. The van der Waals surface area contributed by atoms with E-state index < -0.39 is 18.4 Å². The molecule has 0 aliphatic rings. The first-order chi connectivity index (χ1) is 10.1. The predicted octanol–water partition coefficient (Wildman–Crippen LogP) is 0.497. The van der Waals surface area contributed by atoms with E-state index >= 15 is 0 Å². The second-order valence-corrected chi connectivity index (χ2v) is 4.13. The van der Waals surface area contributed by atoms with Gasteiger partial charge in [-0.25, -0.2) is 0 Å². The first-order valence-electron chi connectivity index (χ1n) is 6.18. The van der Waals surface area contributed by atoms with Crippen molar-refractivity contribution in [2.75, 3.05) is 33.4 Å². The number of nitrogens with zero attached hydrogens (tertiary/aromatic N) is 2. The van der Waals surface area contributed by atoms with E-state index in [1.807, 2.05) is 6.07 Å². The van der Waals surface area contributed by atoms with E-state index in [9.17, 15) is 9.59 Å². The van der Waals surface area contributed by atoms with Crippen molar-refractivity contribution in [3.8, 4) is 11.8 Å². The maximum Gasteiger partial charge on any atom is 0.323 e. The molecule has 1 amide bonds. The van der Waals surface area contributed by atoms with E-state index in [1.165, 1.54) is 7.11 Å². The fourth-order valence-corrected chi connectivity index (χ4v) is 1.52. The molecule has 7 heteroatoms. The van der Waals surface area contributed by atoms with E-state index in [-0.39, 0.29) is 19.8 Å². The molecule has 1 rings (SSSR count). The number of benzene rings is 1. The molecule has 0 aliphatic carbocycles. The number of nitriles is 1. The Hall–Kier alpha value is -2.59. The van der Waals surface area contributed by atoms with Crippen molar-refractivity contribution < 1.29 is 24.2 Å². The number of methoxy groups -OCH3 is 1. The maximum absolute atomic E-state index is 11.9. The lowest BCUT2D eigenvalue weighted by molar-refractivity contribution is -0.145. The summed E-state index contributed by atoms with van der Waals surface area (Å²) >= 11 is 0. The van der Waals surface area contributed by atoms with Crippen molar-refractivity contribution in [3.05, 3.63) is 29.8 Å². The number of aliphatic carboxylic acids is 1. The van der Waals surface area contributed by atoms with Crippen LogP contribution in [0.2, 0.25) is 0 Å². The molecule has 0 saturated heterocycles. The molecule has 0 spiro atoms. The molecule has 1 aromatic rings. The Morgan fingerprint density at radius 2 is 2.00 bits per heavy atom. The Labute approximate surface area is 122 Å². The van der Waals surface area contributed by atoms with Gasteiger partial charge >= 0.3 is 5.97 Å². The van der Waals surface area contributed by atoms with E-state index in [4.69, 9.17) is 19.8 Å². The average molecular weight is 292 g/mol. The zero-order valence-electron chi connectivity index (χ0n) is 11.6. The Bertz CT molecular complexity index is 521. The van der Waals surface area contributed by atoms with Gasteiger partial charge in [0.2, 0.25) is 0 Å². The van der Waals surface area contributed by atoms with Gasteiger partial charge in [0.05, 0.1) is 18.2 Å². The molecule has 0 fully saturated rings. The molecule has 0 aliphatic heterocycles. The highest BCUT2D eigenvalue weighted by atomic mass is 16.5. The van der Waals surface area contributed by atoms with Gasteiger partial charge in [-0.3, -0.25) is 9.59 Å². The van der Waals surface area contributed by atoms with Crippen molar-refractivity contribution in [2.24, 2.45) is 0 Å². The molecule has 0 saturated carbocycles. The third kappa shape index (κ3) is 5.93. The lowest BCUT2D eigenvalue weighted by Crippen LogP contribution is -2.40. The summed E-state index contributed by atoms with van der Waals surface area (Å²) in [5, 5.41) is 17.4. The highest BCUT2D eigenvalue weighted by Gasteiger charge is 2.17. The Balaban J connectivity index is 2.55. The van der Waals surface area contributed by atoms with Crippen LogP contribution < -0.4 is 4.74 Å². The summed E-state index contributed by atoms with van der Waals surface area (Å²) in [6, 6.07) is 8.25. The van der Waals surface area contributed by atoms with Crippen LogP contribution in [-0.2, 0) is 14.3 Å². The van der Waals surface area contributed by atoms with E-state index in [0.29, 0.717) is 11.3 Å². The number of carbonyl (C=O) groups excluding carboxylic acids is 1. The van der Waals surface area contributed by atoms with E-state index in [0.717, 1.165) is 4.90 Å². The standard InChI is InChI=1S/C14H16N2O5/c1-20-7-6-16(9-14(18)19)13(17)10-21-12-4-2-11(8-15)3-5-12/h2-5H,6-7,9-10H2,1H3,(H,18,19). The number of amides is 1. The molecule has 0 radical (unpaired) electrons. The third-order valence-electron chi connectivity index (χ3n) is 2.59. The lowest BCUT2D eigenvalue weighted by atomic mass is 10.2. The van der Waals surface area contributed by atoms with Gasteiger partial charge in [-0.05, 0) is 24.3 Å². The van der Waals surface area contributed by atoms with Crippen LogP contribution in [0, 0.1) is 11.3 Å². The molecule has 0 atom stereocenters. The smallest absolute Gasteiger partial charge is 0.323 e. The van der Waals surface area contributed by atoms with E-state index in [1.54, 1.807) is 24.3 Å². The predicted molar refractivity (Wildman–Crippen MR) is 72.7 cm³/mol. The number of rotatable bonds is 8. The molecule has 7 nitrogen and oxygen atoms in total. The number of carboxylic acid groups (broad SMARTS) is 1. The molecular weight excluding hydrogens is 276 g/mol. The Kier molecular flexibility index (Phi) is 6.71. The molecule has 0 unspecified atom stereocenters. The number of carbonyl (C=O) groups is 2. The maximum atomic E-state index is 11.9. The zero-order chi connectivity index (χ0) is 15.7. The second-order valence-electron chi connectivity index (χ2n) is 4.13. The largest absolute Gasteiger partial charge is 0.484 e. The molecule has 112 valence electrons. The Morgan fingerprint density at radius 1 is 1.33 bits per heavy atom. The quantitative estimate of drug-likeness (QED) is 0.748. The van der Waals surface area contributed by atoms with E-state index in [2.05, 4.69) is 0 Å². The summed E-state index contributed by atoms with van der Waals surface area (Å²) in [6.45, 7) is -0.254. The van der Waals surface area contributed by atoms with Gasteiger partial charge in [0.15, 0.2) is 6.61 Å². The van der Waals surface area contributed by atoms with Crippen molar-refractivity contribution in [1.29, 1.82) is 5.26 Å². The number of carboxylic acids is 1. The SMILES string of the molecule is COCCN(CC(=O)O)C(=O)COc1ccc(C#N)cc1. The lowest BCUT2D eigenvalue weighted by Gasteiger charge is -2.20. The summed E-state index contributed by atoms with van der Waals surface area (Å²) in [4.78, 5) is 23.8. The van der Waals surface area contributed by atoms with Crippen molar-refractivity contribution in [2.45, 2.75) is 0 Å². The summed E-state index contributed by atoms with van der Waals surface area (Å²) < 4.78 is 10.1. The molecule has 0 aromatic heterocycles. The van der Waals surface area contributed by atoms with Gasteiger partial charge in [0, 0.05) is 13.7 Å². The number of hydrogen-bond acceptors (Lipinski definition) is 5. The average Bonchev–Trinajstić information content (AvgIpc) is 2.49. The minimum Gasteiger partial charge on any atom is -0.484 e. The fraction of sp³-hybridized carbons (Fsp3) is 0.357. The summed E-state index contributed by atoms with van der Waals surface area (Å²) in [7, 11) is 1.47. The van der Waals surface area contributed by atoms with Crippen LogP contribution in [0.3, 0.4) is 0 Å². The molecule has 21 heavy (non-hydrogen) atoms. The topological polar surface area (TPSA) is 99.9 Å². The van der Waals surface area contributed by atoms with Crippen molar-refractivity contribution in [3.63, 3.8) is 0 Å². The molecule has 1 aromatic carbocycles. The minimum absolute atomic E-state index is 0.179. The van der Waals surface area contributed by atoms with Crippen molar-refractivity contribution in [1.82, 2.24) is 4.90 Å². The molecular formula is C14H16N2O5. The normalized spacial score (nSPS) is 9.71. The van der Waals surface area contributed by atoms with Gasteiger partial charge in [-0.2, -0.15) is 5.26 Å². The molecule has 1 N–H and O–H groups in total. The van der Waals surface area contributed by atoms with Crippen LogP contribution in [0.25, 0.3) is 0 Å². The van der Waals surface area contributed by atoms with Crippen LogP contribution in [-0.4, -0.2) is 55.3 Å². The van der Waals surface area contributed by atoms with Crippen LogP contribution in [0.5, 0.6) is 5.75 Å². The highest BCUT2D eigenvalue weighted by molar-refractivity contribution is 5.82. The second kappa shape index (κ2) is 8.55. The third-order valence-corrected chi connectivity index (χ3v) is 2.59. The van der Waals surface area contributed by atoms with Crippen LogP contribution >= 0.6 is 0 Å². The summed E-state index contributed by atoms with van der Waals surface area (Å²) in [6.07, 6.45) is 0. The Morgan fingerprint density at radius 3 is 2.52 bits per heavy atom. The fourth-order valence-electron chi connectivity index (χ4n) is 1.52. The van der Waals surface area contributed by atoms with Gasteiger partial charge < -0.3 is 19.5 Å². The van der Waals surface area contributed by atoms with Gasteiger partial charge in [-0.15, -0.1) is 0 Å².